The van der Waals surface area contributed by atoms with Crippen molar-refractivity contribution in [1.82, 2.24) is 9.97 Å². The van der Waals surface area contributed by atoms with Crippen molar-refractivity contribution in [2.45, 2.75) is 32.2 Å². The van der Waals surface area contributed by atoms with Gasteiger partial charge in [0.2, 0.25) is 0 Å². The smallest absolute Gasteiger partial charge is 0.252 e. The number of primary amides is 1. The molecule has 2 aromatic heterocycles. The Morgan fingerprint density at radius 1 is 1.20 bits per heavy atom. The predicted molar refractivity (Wildman–Crippen MR) is 134 cm³/mol. The van der Waals surface area contributed by atoms with Gasteiger partial charge in [-0.1, -0.05) is 6.07 Å². The van der Waals surface area contributed by atoms with Crippen molar-refractivity contribution in [2.75, 3.05) is 23.3 Å². The number of hydrogen-bond donors (Lipinski definition) is 2. The lowest BCUT2D eigenvalue weighted by Gasteiger charge is -2.34. The zero-order chi connectivity index (χ0) is 24.4. The van der Waals surface area contributed by atoms with Gasteiger partial charge in [0.1, 0.15) is 5.52 Å². The normalized spacial score (nSPS) is 14.1. The molecule has 0 radical (unpaired) electrons. The Labute approximate surface area is 203 Å². The molecule has 4 aromatic rings. The number of carbonyl (C=O) groups excluding carboxylic acids is 1. The van der Waals surface area contributed by atoms with Crippen LogP contribution in [0.15, 0.2) is 59.1 Å². The fourth-order valence-electron chi connectivity index (χ4n) is 4.57. The molecule has 35 heavy (non-hydrogen) atoms. The van der Waals surface area contributed by atoms with Crippen molar-refractivity contribution in [1.29, 1.82) is 5.26 Å². The third-order valence-electron chi connectivity index (χ3n) is 6.39. The van der Waals surface area contributed by atoms with Gasteiger partial charge in [-0.25, -0.2) is 4.98 Å². The first-order chi connectivity index (χ1) is 17.0. The van der Waals surface area contributed by atoms with Gasteiger partial charge in [-0.2, -0.15) is 5.26 Å². The molecule has 2 aromatic carbocycles. The summed E-state index contributed by atoms with van der Waals surface area (Å²) in [5.41, 5.74) is 12.0. The molecule has 0 unspecified atom stereocenters. The zero-order valence-corrected chi connectivity index (χ0v) is 19.5. The first-order valence-electron chi connectivity index (χ1n) is 11.6. The fraction of sp³-hybridized carbons (Fsp3) is 0.259. The molecule has 8 nitrogen and oxygen atoms in total. The molecule has 1 fully saturated rings. The van der Waals surface area contributed by atoms with Crippen molar-refractivity contribution in [3.8, 4) is 6.07 Å². The van der Waals surface area contributed by atoms with Crippen LogP contribution in [-0.2, 0) is 6.42 Å². The Bertz CT molecular complexity index is 1410. The van der Waals surface area contributed by atoms with E-state index in [2.05, 4.69) is 26.3 Å². The van der Waals surface area contributed by atoms with Crippen LogP contribution in [0.5, 0.6) is 0 Å². The van der Waals surface area contributed by atoms with E-state index >= 15 is 0 Å². The Balaban J connectivity index is 1.29. The maximum Gasteiger partial charge on any atom is 0.252 e. The highest BCUT2D eigenvalue weighted by Gasteiger charge is 2.21. The van der Waals surface area contributed by atoms with E-state index in [1.165, 1.54) is 0 Å². The molecule has 176 valence electrons. The van der Waals surface area contributed by atoms with Crippen LogP contribution in [0.4, 0.5) is 11.4 Å². The quantitative estimate of drug-likeness (QED) is 0.437. The number of aromatic nitrogens is 2. The number of piperidine rings is 1. The Hall–Kier alpha value is -4.38. The monoisotopic (exact) mass is 466 g/mol. The summed E-state index contributed by atoms with van der Waals surface area (Å²) >= 11 is 0. The average Bonchev–Trinajstić information content (AvgIpc) is 3.24. The maximum atomic E-state index is 12.1. The van der Waals surface area contributed by atoms with Gasteiger partial charge in [-0.15, -0.1) is 0 Å². The largest absolute Gasteiger partial charge is 0.441 e. The summed E-state index contributed by atoms with van der Waals surface area (Å²) in [6.07, 6.45) is 3.99. The summed E-state index contributed by atoms with van der Waals surface area (Å²) in [7, 11) is 0. The van der Waals surface area contributed by atoms with Gasteiger partial charge in [0, 0.05) is 50.1 Å². The van der Waals surface area contributed by atoms with Crippen LogP contribution in [0.3, 0.4) is 0 Å². The molecule has 8 heteroatoms. The number of amides is 1. The highest BCUT2D eigenvalue weighted by Crippen LogP contribution is 2.25. The molecule has 3 N–H and O–H groups in total. The SMILES string of the molecule is Cc1nc2cc(Cc3cc(NC4CCN(c5ccc(C#N)cc5)CC4)c(C(N)=O)cn3)ccc2o1. The molecule has 0 aliphatic carbocycles. The van der Waals surface area contributed by atoms with Crippen LogP contribution in [-0.4, -0.2) is 35.0 Å². The van der Waals surface area contributed by atoms with Gasteiger partial charge in [-0.3, -0.25) is 9.78 Å². The molecule has 1 aliphatic rings. The Kier molecular flexibility index (Phi) is 6.06. The molecule has 0 saturated carbocycles. The number of anilines is 2. The Morgan fingerprint density at radius 2 is 1.97 bits per heavy atom. The van der Waals surface area contributed by atoms with E-state index in [9.17, 15) is 4.79 Å². The number of nitrogens with zero attached hydrogens (tertiary/aromatic N) is 4. The van der Waals surface area contributed by atoms with Crippen LogP contribution in [0, 0.1) is 18.3 Å². The number of fused-ring (bicyclic) bond motifs is 1. The fourth-order valence-corrected chi connectivity index (χ4v) is 4.57. The van der Waals surface area contributed by atoms with Gasteiger partial charge in [0.15, 0.2) is 11.5 Å². The summed E-state index contributed by atoms with van der Waals surface area (Å²) in [4.78, 5) is 23.3. The number of carbonyl (C=O) groups is 1. The topological polar surface area (TPSA) is 121 Å². The van der Waals surface area contributed by atoms with Gasteiger partial charge < -0.3 is 20.4 Å². The average molecular weight is 467 g/mol. The number of rotatable bonds is 6. The lowest BCUT2D eigenvalue weighted by Crippen LogP contribution is -2.39. The summed E-state index contributed by atoms with van der Waals surface area (Å²) in [5, 5.41) is 12.5. The van der Waals surface area contributed by atoms with Crippen LogP contribution in [0.1, 0.15) is 45.9 Å². The van der Waals surface area contributed by atoms with E-state index in [0.29, 0.717) is 23.4 Å². The molecular formula is C27H26N6O2. The third kappa shape index (κ3) is 4.94. The van der Waals surface area contributed by atoms with E-state index in [0.717, 1.165) is 59.7 Å². The minimum atomic E-state index is -0.499. The van der Waals surface area contributed by atoms with Crippen LogP contribution >= 0.6 is 0 Å². The summed E-state index contributed by atoms with van der Waals surface area (Å²) in [6, 6.07) is 17.9. The highest BCUT2D eigenvalue weighted by atomic mass is 16.3. The van der Waals surface area contributed by atoms with Crippen molar-refractivity contribution >= 4 is 28.4 Å². The van der Waals surface area contributed by atoms with Crippen molar-refractivity contribution in [3.63, 3.8) is 0 Å². The molecule has 1 saturated heterocycles. The molecule has 0 bridgehead atoms. The van der Waals surface area contributed by atoms with Crippen molar-refractivity contribution in [3.05, 3.63) is 83.0 Å². The molecule has 1 amide bonds. The number of pyridine rings is 1. The molecule has 5 rings (SSSR count). The second kappa shape index (κ2) is 9.47. The van der Waals surface area contributed by atoms with Crippen LogP contribution in [0.2, 0.25) is 0 Å². The number of hydrogen-bond acceptors (Lipinski definition) is 7. The second-order valence-electron chi connectivity index (χ2n) is 8.86. The number of nitriles is 1. The number of aryl methyl sites for hydroxylation is 1. The number of nitrogens with one attached hydrogen (secondary N) is 1. The lowest BCUT2D eigenvalue weighted by molar-refractivity contribution is 0.100. The highest BCUT2D eigenvalue weighted by molar-refractivity contribution is 5.98. The molecule has 3 heterocycles. The number of benzene rings is 2. The molecule has 0 spiro atoms. The van der Waals surface area contributed by atoms with E-state index in [1.54, 1.807) is 6.20 Å². The number of oxazole rings is 1. The molecule has 0 atom stereocenters. The lowest BCUT2D eigenvalue weighted by atomic mass is 10.0. The Morgan fingerprint density at radius 3 is 2.69 bits per heavy atom. The molecular weight excluding hydrogens is 440 g/mol. The predicted octanol–water partition coefficient (Wildman–Crippen LogP) is 4.17. The first kappa shape index (κ1) is 22.4. The van der Waals surface area contributed by atoms with Gasteiger partial charge in [0.25, 0.3) is 5.91 Å². The first-order valence-corrected chi connectivity index (χ1v) is 11.6. The van der Waals surface area contributed by atoms with E-state index in [-0.39, 0.29) is 6.04 Å². The minimum Gasteiger partial charge on any atom is -0.441 e. The van der Waals surface area contributed by atoms with Crippen molar-refractivity contribution in [2.24, 2.45) is 5.73 Å². The third-order valence-corrected chi connectivity index (χ3v) is 6.39. The summed E-state index contributed by atoms with van der Waals surface area (Å²) < 4.78 is 5.56. The second-order valence-corrected chi connectivity index (χ2v) is 8.86. The van der Waals surface area contributed by atoms with E-state index in [4.69, 9.17) is 15.4 Å². The van der Waals surface area contributed by atoms with Gasteiger partial charge >= 0.3 is 0 Å². The molecule has 1 aliphatic heterocycles. The van der Waals surface area contributed by atoms with Crippen molar-refractivity contribution < 1.29 is 9.21 Å². The van der Waals surface area contributed by atoms with Crippen LogP contribution in [0.25, 0.3) is 11.1 Å². The maximum absolute atomic E-state index is 12.1. The van der Waals surface area contributed by atoms with Gasteiger partial charge in [0.05, 0.1) is 22.9 Å². The van der Waals surface area contributed by atoms with E-state index in [1.807, 2.05) is 55.5 Å². The van der Waals surface area contributed by atoms with Gasteiger partial charge in [-0.05, 0) is 60.9 Å². The van der Waals surface area contributed by atoms with Crippen LogP contribution < -0.4 is 16.0 Å². The standard InChI is InChI=1S/C27H26N6O2/c1-17-31-25-13-19(4-7-26(25)35-17)12-21-14-24(23(16-30-21)27(29)34)32-20-8-10-33(11-9-20)22-5-2-18(15-28)3-6-22/h2-7,13-14,16,20H,8-12H2,1H3,(H2,29,34)(H,30,32). The summed E-state index contributed by atoms with van der Waals surface area (Å²) in [5.74, 6) is 0.138. The van der Waals surface area contributed by atoms with E-state index < -0.39 is 5.91 Å². The summed E-state index contributed by atoms with van der Waals surface area (Å²) in [6.45, 7) is 3.59. The minimum absolute atomic E-state index is 0.215. The number of nitrogens with two attached hydrogens (primary N) is 1. The zero-order valence-electron chi connectivity index (χ0n) is 19.5.